The Hall–Kier alpha value is -2.21. The molecule has 3 nitrogen and oxygen atoms in total. The van der Waals surface area contributed by atoms with Gasteiger partial charge in [-0.05, 0) is 43.7 Å². The Balaban J connectivity index is 2.18. The van der Waals surface area contributed by atoms with Gasteiger partial charge in [-0.15, -0.1) is 0 Å². The fraction of sp³-hybridized carbons (Fsp3) is 0.267. The molecule has 1 atom stereocenters. The van der Waals surface area contributed by atoms with Gasteiger partial charge in [0.1, 0.15) is 6.61 Å². The van der Waals surface area contributed by atoms with Crippen LogP contribution in [-0.4, -0.2) is 6.61 Å². The van der Waals surface area contributed by atoms with Crippen molar-refractivity contribution in [2.75, 3.05) is 6.61 Å². The molecular weight excluding hydrogens is 226 g/mol. The summed E-state index contributed by atoms with van der Waals surface area (Å²) in [6.07, 6.45) is 3.67. The summed E-state index contributed by atoms with van der Waals surface area (Å²) in [5, 5.41) is 8.76. The van der Waals surface area contributed by atoms with E-state index in [2.05, 4.69) is 6.07 Å². The molecule has 1 heterocycles. The summed E-state index contributed by atoms with van der Waals surface area (Å²) < 4.78 is 11.5. The van der Waals surface area contributed by atoms with E-state index >= 15 is 0 Å². The van der Waals surface area contributed by atoms with E-state index in [0.717, 1.165) is 17.1 Å². The third-order valence-electron chi connectivity index (χ3n) is 2.84. The molecule has 0 saturated carbocycles. The number of benzene rings is 1. The zero-order valence-electron chi connectivity index (χ0n) is 10.5. The number of nitrogens with zero attached hydrogens (tertiary/aromatic N) is 1. The van der Waals surface area contributed by atoms with Crippen LogP contribution < -0.4 is 0 Å². The van der Waals surface area contributed by atoms with E-state index in [4.69, 9.17) is 14.7 Å². The SMILES string of the molecule is C/C=C1/OC[C@H](c2ccc(C#N)cc2)O/C1=C/C. The Morgan fingerprint density at radius 2 is 1.83 bits per heavy atom. The molecule has 0 bridgehead atoms. The lowest BCUT2D eigenvalue weighted by Gasteiger charge is -2.28. The number of hydrogen-bond donors (Lipinski definition) is 0. The quantitative estimate of drug-likeness (QED) is 0.756. The second-order valence-electron chi connectivity index (χ2n) is 3.96. The van der Waals surface area contributed by atoms with Gasteiger partial charge in [-0.1, -0.05) is 12.1 Å². The first-order valence-electron chi connectivity index (χ1n) is 5.91. The van der Waals surface area contributed by atoms with Crippen molar-refractivity contribution in [3.63, 3.8) is 0 Å². The van der Waals surface area contributed by atoms with E-state index in [-0.39, 0.29) is 6.10 Å². The highest BCUT2D eigenvalue weighted by Gasteiger charge is 2.23. The molecule has 1 aromatic carbocycles. The lowest BCUT2D eigenvalue weighted by atomic mass is 10.1. The minimum Gasteiger partial charge on any atom is -0.486 e. The molecule has 1 fully saturated rings. The van der Waals surface area contributed by atoms with Gasteiger partial charge in [-0.3, -0.25) is 0 Å². The maximum Gasteiger partial charge on any atom is 0.158 e. The van der Waals surface area contributed by atoms with E-state index in [9.17, 15) is 0 Å². The van der Waals surface area contributed by atoms with Crippen LogP contribution in [0.25, 0.3) is 0 Å². The highest BCUT2D eigenvalue weighted by atomic mass is 16.6. The lowest BCUT2D eigenvalue weighted by molar-refractivity contribution is -0.00874. The van der Waals surface area contributed by atoms with Gasteiger partial charge >= 0.3 is 0 Å². The Morgan fingerprint density at radius 3 is 2.39 bits per heavy atom. The summed E-state index contributed by atoms with van der Waals surface area (Å²) in [6, 6.07) is 9.49. The molecule has 1 aromatic rings. The third-order valence-corrected chi connectivity index (χ3v) is 2.84. The molecule has 0 aromatic heterocycles. The standard InChI is InChI=1S/C15H15NO2/c1-3-13-14(4-2)18-15(10-17-13)12-7-5-11(9-16)6-8-12/h3-8,15H,10H2,1-2H3/b13-3+,14-4+/t15-/m1/s1. The van der Waals surface area contributed by atoms with Crippen molar-refractivity contribution in [1.82, 2.24) is 0 Å². The van der Waals surface area contributed by atoms with Crippen LogP contribution in [0, 0.1) is 11.3 Å². The topological polar surface area (TPSA) is 42.2 Å². The normalized spacial score (nSPS) is 23.3. The van der Waals surface area contributed by atoms with Crippen LogP contribution in [0.3, 0.4) is 0 Å². The second kappa shape index (κ2) is 5.42. The molecule has 1 aliphatic rings. The Bertz CT molecular complexity index is 520. The maximum atomic E-state index is 8.76. The molecule has 0 spiro atoms. The molecule has 0 unspecified atom stereocenters. The number of rotatable bonds is 1. The van der Waals surface area contributed by atoms with E-state index in [0.29, 0.717) is 12.2 Å². The summed E-state index contributed by atoms with van der Waals surface area (Å²) in [7, 11) is 0. The van der Waals surface area contributed by atoms with Crippen LogP contribution in [0.15, 0.2) is 47.9 Å². The van der Waals surface area contributed by atoms with Crippen LogP contribution in [0.2, 0.25) is 0 Å². The summed E-state index contributed by atoms with van der Waals surface area (Å²) in [5.41, 5.74) is 1.67. The van der Waals surface area contributed by atoms with E-state index in [1.807, 2.05) is 38.1 Å². The van der Waals surface area contributed by atoms with Gasteiger partial charge in [0.2, 0.25) is 0 Å². The molecule has 0 radical (unpaired) electrons. The van der Waals surface area contributed by atoms with Gasteiger partial charge in [-0.2, -0.15) is 5.26 Å². The van der Waals surface area contributed by atoms with Crippen molar-refractivity contribution < 1.29 is 9.47 Å². The van der Waals surface area contributed by atoms with Gasteiger partial charge in [0.15, 0.2) is 17.6 Å². The van der Waals surface area contributed by atoms with Crippen LogP contribution in [0.1, 0.15) is 31.1 Å². The van der Waals surface area contributed by atoms with Crippen LogP contribution in [-0.2, 0) is 9.47 Å². The van der Waals surface area contributed by atoms with Gasteiger partial charge in [0, 0.05) is 0 Å². The molecular formula is C15H15NO2. The summed E-state index contributed by atoms with van der Waals surface area (Å²) >= 11 is 0. The van der Waals surface area contributed by atoms with Gasteiger partial charge in [0.05, 0.1) is 11.6 Å². The van der Waals surface area contributed by atoms with Crippen LogP contribution in [0.5, 0.6) is 0 Å². The number of nitriles is 1. The summed E-state index contributed by atoms with van der Waals surface area (Å²) in [5.74, 6) is 1.54. The first kappa shape index (κ1) is 12.3. The average molecular weight is 241 g/mol. The Labute approximate surface area is 107 Å². The minimum absolute atomic E-state index is 0.118. The molecule has 1 aliphatic heterocycles. The average Bonchev–Trinajstić information content (AvgIpc) is 2.46. The predicted octanol–water partition coefficient (Wildman–Crippen LogP) is 3.45. The van der Waals surface area contributed by atoms with Gasteiger partial charge < -0.3 is 9.47 Å². The predicted molar refractivity (Wildman–Crippen MR) is 68.4 cm³/mol. The highest BCUT2D eigenvalue weighted by Crippen LogP contribution is 2.30. The molecule has 92 valence electrons. The zero-order chi connectivity index (χ0) is 13.0. The number of hydrogen-bond acceptors (Lipinski definition) is 3. The number of allylic oxidation sites excluding steroid dienone is 2. The van der Waals surface area contributed by atoms with Gasteiger partial charge in [0.25, 0.3) is 0 Å². The largest absolute Gasteiger partial charge is 0.486 e. The summed E-state index contributed by atoms with van der Waals surface area (Å²) in [4.78, 5) is 0. The van der Waals surface area contributed by atoms with Gasteiger partial charge in [-0.25, -0.2) is 0 Å². The molecule has 2 rings (SSSR count). The molecule has 0 aliphatic carbocycles. The van der Waals surface area contributed by atoms with E-state index in [1.54, 1.807) is 12.1 Å². The Kier molecular flexibility index (Phi) is 3.69. The zero-order valence-corrected chi connectivity index (χ0v) is 10.5. The molecule has 18 heavy (non-hydrogen) atoms. The van der Waals surface area contributed by atoms with E-state index in [1.165, 1.54) is 0 Å². The maximum absolute atomic E-state index is 8.76. The van der Waals surface area contributed by atoms with Crippen molar-refractivity contribution >= 4 is 0 Å². The Morgan fingerprint density at radius 1 is 1.17 bits per heavy atom. The van der Waals surface area contributed by atoms with Crippen LogP contribution in [0.4, 0.5) is 0 Å². The fourth-order valence-electron chi connectivity index (χ4n) is 1.85. The first-order valence-corrected chi connectivity index (χ1v) is 5.91. The molecule has 3 heteroatoms. The summed E-state index contributed by atoms with van der Waals surface area (Å²) in [6.45, 7) is 4.33. The number of ether oxygens (including phenoxy) is 2. The fourth-order valence-corrected chi connectivity index (χ4v) is 1.85. The van der Waals surface area contributed by atoms with Crippen molar-refractivity contribution in [2.45, 2.75) is 20.0 Å². The van der Waals surface area contributed by atoms with Crippen molar-refractivity contribution in [3.05, 3.63) is 59.1 Å². The monoisotopic (exact) mass is 241 g/mol. The second-order valence-corrected chi connectivity index (χ2v) is 3.96. The minimum atomic E-state index is -0.118. The highest BCUT2D eigenvalue weighted by molar-refractivity contribution is 5.33. The van der Waals surface area contributed by atoms with Crippen molar-refractivity contribution in [1.29, 1.82) is 5.26 Å². The molecule has 1 saturated heterocycles. The lowest BCUT2D eigenvalue weighted by Crippen LogP contribution is -2.19. The smallest absolute Gasteiger partial charge is 0.158 e. The molecule has 0 N–H and O–H groups in total. The van der Waals surface area contributed by atoms with Crippen molar-refractivity contribution in [3.8, 4) is 6.07 Å². The molecule has 0 amide bonds. The van der Waals surface area contributed by atoms with Crippen LogP contribution >= 0.6 is 0 Å². The van der Waals surface area contributed by atoms with Crippen molar-refractivity contribution in [2.24, 2.45) is 0 Å². The van der Waals surface area contributed by atoms with E-state index < -0.39 is 0 Å². The third kappa shape index (κ3) is 2.38. The first-order chi connectivity index (χ1) is 8.78.